The van der Waals surface area contributed by atoms with Gasteiger partial charge in [-0.15, -0.1) is 0 Å². The molecular formula is C16H16O. The second-order valence-corrected chi connectivity index (χ2v) is 4.99. The zero-order valence-corrected chi connectivity index (χ0v) is 10.0. The molecule has 1 fully saturated rings. The summed E-state index contributed by atoms with van der Waals surface area (Å²) in [6, 6.07) is 10.6. The molecule has 0 N–H and O–H groups in total. The molecule has 3 rings (SSSR count). The van der Waals surface area contributed by atoms with E-state index >= 15 is 0 Å². The van der Waals surface area contributed by atoms with Crippen LogP contribution in [0.1, 0.15) is 31.2 Å². The molecule has 86 valence electrons. The molecule has 0 aromatic heterocycles. The van der Waals surface area contributed by atoms with Crippen molar-refractivity contribution in [3.63, 3.8) is 0 Å². The highest BCUT2D eigenvalue weighted by atomic mass is 16.1. The van der Waals surface area contributed by atoms with E-state index in [0.29, 0.717) is 17.6 Å². The van der Waals surface area contributed by atoms with Crippen molar-refractivity contribution in [2.24, 2.45) is 5.92 Å². The highest BCUT2D eigenvalue weighted by Crippen LogP contribution is 2.45. The van der Waals surface area contributed by atoms with Gasteiger partial charge in [-0.3, -0.25) is 4.79 Å². The van der Waals surface area contributed by atoms with Gasteiger partial charge in [0.25, 0.3) is 0 Å². The predicted octanol–water partition coefficient (Wildman–Crippen LogP) is 3.64. The summed E-state index contributed by atoms with van der Waals surface area (Å²) in [6.07, 6.45) is 5.89. The zero-order valence-electron chi connectivity index (χ0n) is 10.0. The molecule has 0 bridgehead atoms. The lowest BCUT2D eigenvalue weighted by atomic mass is 9.75. The summed E-state index contributed by atoms with van der Waals surface area (Å²) >= 11 is 0. The van der Waals surface area contributed by atoms with E-state index in [2.05, 4.69) is 37.3 Å². The topological polar surface area (TPSA) is 17.1 Å². The fraction of sp³-hybridized carbons (Fsp3) is 0.312. The van der Waals surface area contributed by atoms with Crippen molar-refractivity contribution in [3.05, 3.63) is 59.2 Å². The quantitative estimate of drug-likeness (QED) is 0.711. The summed E-state index contributed by atoms with van der Waals surface area (Å²) in [6.45, 7) is 2.17. The van der Waals surface area contributed by atoms with E-state index in [-0.39, 0.29) is 0 Å². The fourth-order valence-corrected chi connectivity index (χ4v) is 3.15. The van der Waals surface area contributed by atoms with Crippen LogP contribution >= 0.6 is 0 Å². The van der Waals surface area contributed by atoms with Crippen LogP contribution in [0, 0.1) is 5.92 Å². The normalized spacial score (nSPS) is 27.5. The van der Waals surface area contributed by atoms with Gasteiger partial charge in [0, 0.05) is 12.3 Å². The average molecular weight is 224 g/mol. The minimum absolute atomic E-state index is 0.347. The molecular weight excluding hydrogens is 208 g/mol. The van der Waals surface area contributed by atoms with Crippen molar-refractivity contribution in [1.29, 1.82) is 0 Å². The maximum atomic E-state index is 11.8. The second-order valence-electron chi connectivity index (χ2n) is 4.99. The van der Waals surface area contributed by atoms with E-state index in [9.17, 15) is 4.79 Å². The summed E-state index contributed by atoms with van der Waals surface area (Å²) in [5.74, 6) is 1.16. The van der Waals surface area contributed by atoms with Gasteiger partial charge in [0.15, 0.2) is 5.78 Å². The van der Waals surface area contributed by atoms with E-state index < -0.39 is 0 Å². The van der Waals surface area contributed by atoms with Crippen LogP contribution in [-0.4, -0.2) is 5.78 Å². The summed E-state index contributed by atoms with van der Waals surface area (Å²) in [4.78, 5) is 11.8. The number of carbonyl (C=O) groups excluding carboxylic acids is 1. The van der Waals surface area contributed by atoms with Crippen LogP contribution in [0.25, 0.3) is 0 Å². The van der Waals surface area contributed by atoms with Crippen molar-refractivity contribution in [1.82, 2.24) is 0 Å². The van der Waals surface area contributed by atoms with Crippen LogP contribution in [0.15, 0.2) is 53.6 Å². The summed E-state index contributed by atoms with van der Waals surface area (Å²) in [5.41, 5.74) is 3.76. The van der Waals surface area contributed by atoms with Crippen molar-refractivity contribution in [2.45, 2.75) is 25.7 Å². The summed E-state index contributed by atoms with van der Waals surface area (Å²) in [7, 11) is 0. The number of benzene rings is 1. The van der Waals surface area contributed by atoms with E-state index in [0.717, 1.165) is 18.4 Å². The molecule has 0 saturated heterocycles. The van der Waals surface area contributed by atoms with Gasteiger partial charge in [0.2, 0.25) is 0 Å². The molecule has 1 aromatic rings. The highest BCUT2D eigenvalue weighted by molar-refractivity contribution is 5.99. The smallest absolute Gasteiger partial charge is 0.159 e. The fourth-order valence-electron chi connectivity index (χ4n) is 3.15. The lowest BCUT2D eigenvalue weighted by Gasteiger charge is -2.28. The first kappa shape index (κ1) is 10.5. The van der Waals surface area contributed by atoms with Gasteiger partial charge < -0.3 is 0 Å². The third-order valence-corrected chi connectivity index (χ3v) is 3.98. The Morgan fingerprint density at radius 3 is 2.65 bits per heavy atom. The molecule has 2 atom stereocenters. The van der Waals surface area contributed by atoms with Gasteiger partial charge in [0.1, 0.15) is 0 Å². The van der Waals surface area contributed by atoms with E-state index in [1.165, 1.54) is 11.1 Å². The molecule has 1 saturated carbocycles. The molecule has 1 nitrogen and oxygen atoms in total. The average Bonchev–Trinajstić information content (AvgIpc) is 2.72. The number of hydrogen-bond donors (Lipinski definition) is 0. The Balaban J connectivity index is 2.04. The van der Waals surface area contributed by atoms with Crippen molar-refractivity contribution in [3.8, 4) is 0 Å². The third kappa shape index (κ3) is 1.66. The number of Topliss-reactive ketones (excluding diaryl/α,β-unsaturated/α-hetero) is 1. The van der Waals surface area contributed by atoms with Crippen LogP contribution in [0.3, 0.4) is 0 Å². The molecule has 0 spiro atoms. The molecule has 1 aromatic carbocycles. The van der Waals surface area contributed by atoms with E-state index in [4.69, 9.17) is 0 Å². The third-order valence-electron chi connectivity index (χ3n) is 3.98. The first-order chi connectivity index (χ1) is 8.27. The van der Waals surface area contributed by atoms with Crippen molar-refractivity contribution in [2.75, 3.05) is 0 Å². The molecule has 0 unspecified atom stereocenters. The predicted molar refractivity (Wildman–Crippen MR) is 68.8 cm³/mol. The number of allylic oxidation sites excluding steroid dienone is 4. The highest BCUT2D eigenvalue weighted by Gasteiger charge is 2.37. The van der Waals surface area contributed by atoms with Gasteiger partial charge in [-0.1, -0.05) is 48.1 Å². The van der Waals surface area contributed by atoms with Crippen LogP contribution in [0.4, 0.5) is 0 Å². The van der Waals surface area contributed by atoms with Gasteiger partial charge in [-0.25, -0.2) is 0 Å². The monoisotopic (exact) mass is 224 g/mol. The molecule has 0 heterocycles. The van der Waals surface area contributed by atoms with Crippen LogP contribution in [0.2, 0.25) is 0 Å². The molecule has 2 aliphatic rings. The van der Waals surface area contributed by atoms with Gasteiger partial charge in [-0.2, -0.15) is 0 Å². The van der Waals surface area contributed by atoms with Gasteiger partial charge in [0.05, 0.1) is 0 Å². The minimum Gasteiger partial charge on any atom is -0.295 e. The van der Waals surface area contributed by atoms with Crippen molar-refractivity contribution >= 4 is 5.78 Å². The maximum absolute atomic E-state index is 11.8. The lowest BCUT2D eigenvalue weighted by Crippen LogP contribution is -2.17. The summed E-state index contributed by atoms with van der Waals surface area (Å²) in [5, 5.41) is 0. The molecule has 1 heteroatoms. The number of rotatable bonds is 1. The first-order valence-corrected chi connectivity index (χ1v) is 6.24. The maximum Gasteiger partial charge on any atom is 0.159 e. The van der Waals surface area contributed by atoms with Crippen molar-refractivity contribution < 1.29 is 4.79 Å². The lowest BCUT2D eigenvalue weighted by molar-refractivity contribution is -0.114. The Bertz CT molecular complexity index is 508. The SMILES string of the molecule is CC1=CC=C2C(=O)CC[C@@H]2[C@@H]1c1ccccc1. The number of fused-ring (bicyclic) bond motifs is 1. The summed E-state index contributed by atoms with van der Waals surface area (Å²) < 4.78 is 0. The Hall–Kier alpha value is -1.63. The van der Waals surface area contributed by atoms with Gasteiger partial charge >= 0.3 is 0 Å². The Kier molecular flexibility index (Phi) is 2.47. The van der Waals surface area contributed by atoms with Crippen LogP contribution in [-0.2, 0) is 4.79 Å². The number of ketones is 1. The Labute approximate surface area is 102 Å². The molecule has 0 amide bonds. The van der Waals surface area contributed by atoms with E-state index in [1.54, 1.807) is 0 Å². The second kappa shape index (κ2) is 3.99. The standard InChI is InChI=1S/C16H16O/c1-11-7-8-13-14(9-10-15(13)17)16(11)12-5-3-2-4-6-12/h2-8,14,16H,9-10H2,1H3/t14-,16-/m0/s1. The molecule has 17 heavy (non-hydrogen) atoms. The molecule has 2 aliphatic carbocycles. The minimum atomic E-state index is 0.347. The van der Waals surface area contributed by atoms with Gasteiger partial charge in [-0.05, 0) is 30.4 Å². The molecule has 0 radical (unpaired) electrons. The number of hydrogen-bond acceptors (Lipinski definition) is 1. The van der Waals surface area contributed by atoms with E-state index in [1.807, 2.05) is 12.1 Å². The largest absolute Gasteiger partial charge is 0.295 e. The molecule has 0 aliphatic heterocycles. The first-order valence-electron chi connectivity index (χ1n) is 6.24. The Morgan fingerprint density at radius 2 is 1.88 bits per heavy atom. The van der Waals surface area contributed by atoms with Crippen LogP contribution < -0.4 is 0 Å². The Morgan fingerprint density at radius 1 is 1.12 bits per heavy atom. The number of carbonyl (C=O) groups is 1. The van der Waals surface area contributed by atoms with Crippen LogP contribution in [0.5, 0.6) is 0 Å². The zero-order chi connectivity index (χ0) is 11.8.